The van der Waals surface area contributed by atoms with Crippen LogP contribution in [0.25, 0.3) is 0 Å². The summed E-state index contributed by atoms with van der Waals surface area (Å²) in [7, 11) is 2.10. The van der Waals surface area contributed by atoms with Crippen LogP contribution >= 0.6 is 0 Å². The van der Waals surface area contributed by atoms with E-state index >= 15 is 0 Å². The molecule has 0 aromatic heterocycles. The second-order valence-corrected chi connectivity index (χ2v) is 5.81. The highest BCUT2D eigenvalue weighted by Crippen LogP contribution is 2.37. The minimum atomic E-state index is 0.562. The minimum Gasteiger partial charge on any atom is -0.493 e. The maximum atomic E-state index is 5.77. The molecule has 1 aliphatic rings. The quantitative estimate of drug-likeness (QED) is 0.836. The Labute approximate surface area is 117 Å². The molecule has 0 radical (unpaired) electrons. The third-order valence-electron chi connectivity index (χ3n) is 4.30. The molecule has 1 aliphatic heterocycles. The summed E-state index contributed by atoms with van der Waals surface area (Å²) < 4.78 is 5.77. The maximum Gasteiger partial charge on any atom is 0.122 e. The summed E-state index contributed by atoms with van der Waals surface area (Å²) in [5.41, 5.74) is 1.39. The van der Waals surface area contributed by atoms with Crippen molar-refractivity contribution < 1.29 is 4.74 Å². The summed E-state index contributed by atoms with van der Waals surface area (Å²) in [6, 6.07) is 9.09. The third-order valence-corrected chi connectivity index (χ3v) is 4.30. The SMILES string of the molecule is CCCC(C)CC(NC)C1CCOc2ccccc21. The van der Waals surface area contributed by atoms with E-state index in [0.717, 1.165) is 24.7 Å². The lowest BCUT2D eigenvalue weighted by molar-refractivity contribution is 0.235. The highest BCUT2D eigenvalue weighted by Gasteiger charge is 2.28. The first kappa shape index (κ1) is 14.4. The Morgan fingerprint density at radius 2 is 2.16 bits per heavy atom. The molecule has 1 aromatic carbocycles. The van der Waals surface area contributed by atoms with Gasteiger partial charge in [-0.2, -0.15) is 0 Å². The highest BCUT2D eigenvalue weighted by atomic mass is 16.5. The van der Waals surface area contributed by atoms with Gasteiger partial charge < -0.3 is 10.1 Å². The monoisotopic (exact) mass is 261 g/mol. The molecule has 0 saturated heterocycles. The van der Waals surface area contributed by atoms with Crippen molar-refractivity contribution in [3.8, 4) is 5.75 Å². The fraction of sp³-hybridized carbons (Fsp3) is 0.647. The molecule has 0 bridgehead atoms. The predicted octanol–water partition coefficient (Wildman–Crippen LogP) is 3.97. The van der Waals surface area contributed by atoms with Crippen LogP contribution in [0.15, 0.2) is 24.3 Å². The Morgan fingerprint density at radius 1 is 1.37 bits per heavy atom. The van der Waals surface area contributed by atoms with Crippen molar-refractivity contribution in [1.82, 2.24) is 5.32 Å². The number of hydrogen-bond acceptors (Lipinski definition) is 2. The number of hydrogen-bond donors (Lipinski definition) is 1. The van der Waals surface area contributed by atoms with Crippen molar-refractivity contribution in [3.05, 3.63) is 29.8 Å². The van der Waals surface area contributed by atoms with E-state index in [1.165, 1.54) is 24.8 Å². The van der Waals surface area contributed by atoms with E-state index in [9.17, 15) is 0 Å². The average Bonchev–Trinajstić information content (AvgIpc) is 2.44. The van der Waals surface area contributed by atoms with Gasteiger partial charge in [0.15, 0.2) is 0 Å². The number of benzene rings is 1. The smallest absolute Gasteiger partial charge is 0.122 e. The Morgan fingerprint density at radius 3 is 2.89 bits per heavy atom. The summed E-state index contributed by atoms with van der Waals surface area (Å²) in [5.74, 6) is 2.47. The molecule has 0 spiro atoms. The van der Waals surface area contributed by atoms with Crippen molar-refractivity contribution in [2.75, 3.05) is 13.7 Å². The first-order valence-electron chi connectivity index (χ1n) is 7.65. The fourth-order valence-corrected chi connectivity index (χ4v) is 3.32. The summed E-state index contributed by atoms with van der Waals surface area (Å²) in [5, 5.41) is 3.55. The lowest BCUT2D eigenvalue weighted by atomic mass is 9.82. The Balaban J connectivity index is 2.11. The molecule has 0 aliphatic carbocycles. The van der Waals surface area contributed by atoms with Gasteiger partial charge in [0, 0.05) is 12.0 Å². The largest absolute Gasteiger partial charge is 0.493 e. The van der Waals surface area contributed by atoms with Crippen LogP contribution in [-0.4, -0.2) is 19.7 Å². The van der Waals surface area contributed by atoms with Crippen molar-refractivity contribution in [2.24, 2.45) is 5.92 Å². The molecule has 0 amide bonds. The highest BCUT2D eigenvalue weighted by molar-refractivity contribution is 5.38. The van der Waals surface area contributed by atoms with Crippen molar-refractivity contribution >= 4 is 0 Å². The summed E-state index contributed by atoms with van der Waals surface area (Å²) in [6.45, 7) is 5.50. The van der Waals surface area contributed by atoms with Gasteiger partial charge in [-0.1, -0.05) is 44.9 Å². The minimum absolute atomic E-state index is 0.562. The third kappa shape index (κ3) is 3.50. The number of rotatable bonds is 6. The van der Waals surface area contributed by atoms with Gasteiger partial charge in [0.25, 0.3) is 0 Å². The van der Waals surface area contributed by atoms with Gasteiger partial charge in [0.05, 0.1) is 6.61 Å². The number of para-hydroxylation sites is 1. The molecular formula is C17H27NO. The number of ether oxygens (including phenoxy) is 1. The van der Waals surface area contributed by atoms with Crippen molar-refractivity contribution in [2.45, 2.75) is 51.5 Å². The number of fused-ring (bicyclic) bond motifs is 1. The van der Waals surface area contributed by atoms with Crippen LogP contribution in [0.4, 0.5) is 0 Å². The van der Waals surface area contributed by atoms with Crippen LogP contribution in [0.1, 0.15) is 51.0 Å². The topological polar surface area (TPSA) is 21.3 Å². The molecule has 1 heterocycles. The van der Waals surface area contributed by atoms with E-state index in [4.69, 9.17) is 4.74 Å². The predicted molar refractivity (Wildman–Crippen MR) is 80.8 cm³/mol. The van der Waals surface area contributed by atoms with Crippen molar-refractivity contribution in [1.29, 1.82) is 0 Å². The molecule has 2 nitrogen and oxygen atoms in total. The molecule has 1 aromatic rings. The van der Waals surface area contributed by atoms with E-state index in [0.29, 0.717) is 12.0 Å². The second-order valence-electron chi connectivity index (χ2n) is 5.81. The molecule has 2 rings (SSSR count). The van der Waals surface area contributed by atoms with Gasteiger partial charge >= 0.3 is 0 Å². The molecule has 3 atom stereocenters. The van der Waals surface area contributed by atoms with Crippen LogP contribution in [0, 0.1) is 5.92 Å². The Kier molecular flexibility index (Phi) is 5.26. The normalized spacial score (nSPS) is 21.3. The molecule has 19 heavy (non-hydrogen) atoms. The zero-order valence-corrected chi connectivity index (χ0v) is 12.5. The van der Waals surface area contributed by atoms with Gasteiger partial charge in [-0.15, -0.1) is 0 Å². The average molecular weight is 261 g/mol. The molecular weight excluding hydrogens is 234 g/mol. The fourth-order valence-electron chi connectivity index (χ4n) is 3.32. The first-order valence-corrected chi connectivity index (χ1v) is 7.65. The van der Waals surface area contributed by atoms with E-state index in [1.807, 2.05) is 0 Å². The van der Waals surface area contributed by atoms with Crippen LogP contribution in [0.5, 0.6) is 5.75 Å². The summed E-state index contributed by atoms with van der Waals surface area (Å²) in [6.07, 6.45) is 4.98. The summed E-state index contributed by atoms with van der Waals surface area (Å²) >= 11 is 0. The van der Waals surface area contributed by atoms with Crippen molar-refractivity contribution in [3.63, 3.8) is 0 Å². The number of likely N-dealkylation sites (N-methyl/N-ethyl adjacent to an activating group) is 1. The molecule has 2 heteroatoms. The van der Waals surface area contributed by atoms with Gasteiger partial charge in [-0.05, 0) is 37.4 Å². The summed E-state index contributed by atoms with van der Waals surface area (Å²) in [4.78, 5) is 0. The van der Waals surface area contributed by atoms with Crippen LogP contribution < -0.4 is 10.1 Å². The molecule has 106 valence electrons. The Hall–Kier alpha value is -1.02. The zero-order valence-electron chi connectivity index (χ0n) is 12.5. The van der Waals surface area contributed by atoms with Gasteiger partial charge in [0.2, 0.25) is 0 Å². The van der Waals surface area contributed by atoms with Gasteiger partial charge in [0.1, 0.15) is 5.75 Å². The molecule has 0 fully saturated rings. The van der Waals surface area contributed by atoms with E-state index < -0.39 is 0 Å². The Bertz CT molecular complexity index is 391. The molecule has 1 N–H and O–H groups in total. The van der Waals surface area contributed by atoms with Gasteiger partial charge in [-0.25, -0.2) is 0 Å². The molecule has 3 unspecified atom stereocenters. The van der Waals surface area contributed by atoms with Crippen LogP contribution in [-0.2, 0) is 0 Å². The maximum absolute atomic E-state index is 5.77. The van der Waals surface area contributed by atoms with E-state index in [2.05, 4.69) is 50.5 Å². The van der Waals surface area contributed by atoms with E-state index in [1.54, 1.807) is 0 Å². The number of nitrogens with one attached hydrogen (secondary N) is 1. The second kappa shape index (κ2) is 6.95. The lowest BCUT2D eigenvalue weighted by Crippen LogP contribution is -2.36. The van der Waals surface area contributed by atoms with E-state index in [-0.39, 0.29) is 0 Å². The lowest BCUT2D eigenvalue weighted by Gasteiger charge is -2.33. The first-order chi connectivity index (χ1) is 9.26. The standard InChI is InChI=1S/C17H27NO/c1-4-7-13(2)12-16(18-3)14-10-11-19-17-9-6-5-8-15(14)17/h5-6,8-9,13-14,16,18H,4,7,10-12H2,1-3H3. The van der Waals surface area contributed by atoms with Gasteiger partial charge in [-0.3, -0.25) is 0 Å². The molecule has 0 saturated carbocycles. The zero-order chi connectivity index (χ0) is 13.7. The van der Waals surface area contributed by atoms with Crippen LogP contribution in [0.2, 0.25) is 0 Å². The van der Waals surface area contributed by atoms with Crippen LogP contribution in [0.3, 0.4) is 0 Å².